The molecule has 2 aromatic heterocycles. The molecule has 0 atom stereocenters. The summed E-state index contributed by atoms with van der Waals surface area (Å²) < 4.78 is 0. The molecule has 6 heteroatoms. The van der Waals surface area contributed by atoms with Crippen LogP contribution in [0.15, 0.2) is 48.9 Å². The number of anilines is 3. The van der Waals surface area contributed by atoms with Crippen LogP contribution in [0.1, 0.15) is 37.8 Å². The Kier molecular flexibility index (Phi) is 3.90. The quantitative estimate of drug-likeness (QED) is 0.705. The Morgan fingerprint density at radius 2 is 1.83 bits per heavy atom. The molecule has 0 unspecified atom stereocenters. The van der Waals surface area contributed by atoms with Crippen LogP contribution < -0.4 is 10.2 Å². The van der Waals surface area contributed by atoms with Crippen LogP contribution in [-0.4, -0.2) is 33.7 Å². The van der Waals surface area contributed by atoms with Crippen molar-refractivity contribution < 1.29 is 5.11 Å². The van der Waals surface area contributed by atoms with Crippen LogP contribution in [-0.2, 0) is 11.0 Å². The number of nitrogens with zero attached hydrogens (tertiary/aromatic N) is 4. The van der Waals surface area contributed by atoms with E-state index in [1.807, 2.05) is 31.6 Å². The van der Waals surface area contributed by atoms with E-state index in [1.54, 1.807) is 20.0 Å². The Balaban J connectivity index is 1.48. The van der Waals surface area contributed by atoms with Gasteiger partial charge in [-0.15, -0.1) is 0 Å². The van der Waals surface area contributed by atoms with E-state index in [0.29, 0.717) is 5.95 Å². The largest absolute Gasteiger partial charge is 0.388 e. The fraction of sp³-hybridized carbons (Fsp3) is 0.348. The highest BCUT2D eigenvalue weighted by atomic mass is 16.3. The molecule has 1 aromatic carbocycles. The molecule has 2 N–H and O–H groups in total. The Hall–Kier alpha value is -2.99. The minimum atomic E-state index is -0.915. The lowest BCUT2D eigenvalue weighted by Gasteiger charge is -2.19. The van der Waals surface area contributed by atoms with E-state index in [9.17, 15) is 5.11 Å². The molecule has 0 bridgehead atoms. The molecular weight excluding hydrogens is 362 g/mol. The molecule has 0 amide bonds. The van der Waals surface area contributed by atoms with Crippen LogP contribution in [0.25, 0.3) is 11.3 Å². The third-order valence-electron chi connectivity index (χ3n) is 6.10. The van der Waals surface area contributed by atoms with E-state index in [4.69, 9.17) is 0 Å². The molecule has 1 aliphatic carbocycles. The molecule has 5 rings (SSSR count). The number of rotatable bonds is 4. The number of aliphatic hydroxyl groups is 1. The summed E-state index contributed by atoms with van der Waals surface area (Å²) in [7, 11) is 1.94. The van der Waals surface area contributed by atoms with E-state index in [1.165, 1.54) is 24.1 Å². The van der Waals surface area contributed by atoms with Gasteiger partial charge in [-0.05, 0) is 62.1 Å². The predicted octanol–water partition coefficient (Wildman–Crippen LogP) is 3.99. The third-order valence-corrected chi connectivity index (χ3v) is 6.10. The van der Waals surface area contributed by atoms with Gasteiger partial charge in [-0.1, -0.05) is 6.07 Å². The van der Waals surface area contributed by atoms with Gasteiger partial charge in [-0.25, -0.2) is 9.97 Å². The van der Waals surface area contributed by atoms with E-state index >= 15 is 0 Å². The minimum Gasteiger partial charge on any atom is -0.388 e. The summed E-state index contributed by atoms with van der Waals surface area (Å²) in [6.07, 6.45) is 7.79. The van der Waals surface area contributed by atoms with Crippen LogP contribution >= 0.6 is 0 Å². The molecule has 3 heterocycles. The highest BCUT2D eigenvalue weighted by Gasteiger charge is 2.52. The number of nitrogens with one attached hydrogen (secondary N) is 1. The van der Waals surface area contributed by atoms with Gasteiger partial charge in [0.15, 0.2) is 0 Å². The van der Waals surface area contributed by atoms with Gasteiger partial charge in [-0.2, -0.15) is 0 Å². The van der Waals surface area contributed by atoms with E-state index in [-0.39, 0.29) is 5.41 Å². The maximum atomic E-state index is 10.3. The van der Waals surface area contributed by atoms with Crippen molar-refractivity contribution in [2.45, 2.75) is 37.7 Å². The topological polar surface area (TPSA) is 74.2 Å². The van der Waals surface area contributed by atoms with Gasteiger partial charge in [-0.3, -0.25) is 4.98 Å². The van der Waals surface area contributed by atoms with E-state index in [2.05, 4.69) is 43.4 Å². The van der Waals surface area contributed by atoms with Gasteiger partial charge in [0.25, 0.3) is 0 Å². The number of fused-ring (bicyclic) bond motifs is 2. The summed E-state index contributed by atoms with van der Waals surface area (Å²) in [5, 5.41) is 13.5. The maximum Gasteiger partial charge on any atom is 0.229 e. The summed E-state index contributed by atoms with van der Waals surface area (Å²) in [5.74, 6) is 0.714. The van der Waals surface area contributed by atoms with Crippen molar-refractivity contribution >= 4 is 17.3 Å². The van der Waals surface area contributed by atoms with Crippen molar-refractivity contribution in [3.63, 3.8) is 0 Å². The Morgan fingerprint density at radius 1 is 1.07 bits per heavy atom. The average molecular weight is 387 g/mol. The normalized spacial score (nSPS) is 16.8. The smallest absolute Gasteiger partial charge is 0.229 e. The first-order valence-electron chi connectivity index (χ1n) is 10.0. The van der Waals surface area contributed by atoms with Crippen LogP contribution in [0, 0.1) is 0 Å². The van der Waals surface area contributed by atoms with Crippen molar-refractivity contribution in [3.8, 4) is 11.3 Å². The van der Waals surface area contributed by atoms with Gasteiger partial charge in [0.1, 0.15) is 0 Å². The third kappa shape index (κ3) is 3.04. The number of hydrogen-bond donors (Lipinski definition) is 2. The molecule has 0 radical (unpaired) electrons. The van der Waals surface area contributed by atoms with Gasteiger partial charge >= 0.3 is 0 Å². The molecule has 1 saturated carbocycles. The second kappa shape index (κ2) is 6.26. The molecule has 29 heavy (non-hydrogen) atoms. The predicted molar refractivity (Wildman–Crippen MR) is 114 cm³/mol. The Bertz CT molecular complexity index is 1070. The second-order valence-electron chi connectivity index (χ2n) is 8.61. The van der Waals surface area contributed by atoms with Crippen molar-refractivity contribution in [3.05, 3.63) is 60.0 Å². The van der Waals surface area contributed by atoms with Crippen molar-refractivity contribution in [2.24, 2.45) is 0 Å². The highest BCUT2D eigenvalue weighted by Crippen LogP contribution is 2.58. The van der Waals surface area contributed by atoms with Crippen LogP contribution in [0.4, 0.5) is 17.3 Å². The summed E-state index contributed by atoms with van der Waals surface area (Å²) in [4.78, 5) is 16.0. The number of hydrogen-bond acceptors (Lipinski definition) is 6. The Labute approximate surface area is 170 Å². The lowest BCUT2D eigenvalue weighted by atomic mass is 9.98. The standard InChI is InChI=1S/C23H25N5O/c1-22(2,29)16-6-9-25-19(10-16)15-12-26-21(27-13-15)28-14-23(7-8-23)18-5-4-17(24-3)11-20(18)28/h4-6,9-13,24,29H,7-8,14H2,1-3H3. The average Bonchev–Trinajstić information content (AvgIpc) is 3.44. The first-order valence-corrected chi connectivity index (χ1v) is 10.0. The van der Waals surface area contributed by atoms with Gasteiger partial charge in [0, 0.05) is 54.5 Å². The number of aromatic nitrogens is 3. The maximum absolute atomic E-state index is 10.3. The lowest BCUT2D eigenvalue weighted by Crippen LogP contribution is -2.21. The molecule has 1 aliphatic heterocycles. The summed E-state index contributed by atoms with van der Waals surface area (Å²) in [6, 6.07) is 10.3. The van der Waals surface area contributed by atoms with Gasteiger partial charge in [0.2, 0.25) is 5.95 Å². The molecule has 2 aliphatic rings. The van der Waals surface area contributed by atoms with Crippen LogP contribution in [0.3, 0.4) is 0 Å². The Morgan fingerprint density at radius 3 is 2.48 bits per heavy atom. The van der Waals surface area contributed by atoms with Crippen molar-refractivity contribution in [1.82, 2.24) is 15.0 Å². The first kappa shape index (κ1) is 18.1. The molecule has 1 spiro atoms. The summed E-state index contributed by atoms with van der Waals surface area (Å²) >= 11 is 0. The number of pyridine rings is 1. The lowest BCUT2D eigenvalue weighted by molar-refractivity contribution is 0.0785. The zero-order valence-corrected chi connectivity index (χ0v) is 17.0. The first-order chi connectivity index (χ1) is 13.9. The van der Waals surface area contributed by atoms with E-state index in [0.717, 1.165) is 29.1 Å². The number of benzene rings is 1. The molecule has 3 aromatic rings. The van der Waals surface area contributed by atoms with Crippen molar-refractivity contribution in [2.75, 3.05) is 23.8 Å². The molecular formula is C23H25N5O. The fourth-order valence-corrected chi connectivity index (χ4v) is 4.15. The van der Waals surface area contributed by atoms with Gasteiger partial charge in [0.05, 0.1) is 11.3 Å². The van der Waals surface area contributed by atoms with Crippen LogP contribution in [0.2, 0.25) is 0 Å². The molecule has 0 saturated heterocycles. The minimum absolute atomic E-state index is 0.270. The zero-order valence-electron chi connectivity index (χ0n) is 17.0. The monoisotopic (exact) mass is 387 g/mol. The fourth-order valence-electron chi connectivity index (χ4n) is 4.15. The second-order valence-corrected chi connectivity index (χ2v) is 8.61. The molecule has 148 valence electrons. The molecule has 6 nitrogen and oxygen atoms in total. The zero-order chi connectivity index (χ0) is 20.2. The summed E-state index contributed by atoms with van der Waals surface area (Å²) in [5.41, 5.74) is 5.46. The van der Waals surface area contributed by atoms with E-state index < -0.39 is 5.60 Å². The highest BCUT2D eigenvalue weighted by molar-refractivity contribution is 5.75. The van der Waals surface area contributed by atoms with Crippen molar-refractivity contribution in [1.29, 1.82) is 0 Å². The van der Waals surface area contributed by atoms with Crippen LogP contribution in [0.5, 0.6) is 0 Å². The SMILES string of the molecule is CNc1ccc2c(c1)N(c1ncc(-c3cc(C(C)(C)O)ccn3)cn1)CC21CC1. The molecule has 1 fully saturated rings. The van der Waals surface area contributed by atoms with Gasteiger partial charge < -0.3 is 15.3 Å². The summed E-state index contributed by atoms with van der Waals surface area (Å²) in [6.45, 7) is 4.47.